The van der Waals surface area contributed by atoms with Crippen LogP contribution < -0.4 is 5.19 Å². The fourth-order valence-electron chi connectivity index (χ4n) is 4.79. The van der Waals surface area contributed by atoms with Crippen molar-refractivity contribution in [2.75, 3.05) is 0 Å². The van der Waals surface area contributed by atoms with Crippen molar-refractivity contribution in [1.82, 2.24) is 0 Å². The Kier molecular flexibility index (Phi) is 8.65. The molecule has 4 heteroatoms. The first-order valence-corrected chi connectivity index (χ1v) is 21.9. The van der Waals surface area contributed by atoms with Crippen LogP contribution >= 0.6 is 0 Å². The van der Waals surface area contributed by atoms with Crippen LogP contribution in [0.25, 0.3) is 5.20 Å². The van der Waals surface area contributed by atoms with E-state index in [-0.39, 0.29) is 0 Å². The van der Waals surface area contributed by atoms with Crippen LogP contribution in [0.3, 0.4) is 0 Å². The summed E-state index contributed by atoms with van der Waals surface area (Å²) in [5.74, 6) is 0. The van der Waals surface area contributed by atoms with Gasteiger partial charge in [0.15, 0.2) is 0 Å². The Morgan fingerprint density at radius 3 is 1.71 bits per heavy atom. The molecule has 0 saturated heterocycles. The summed E-state index contributed by atoms with van der Waals surface area (Å²) < 4.78 is 5.70. The molecule has 1 aliphatic rings. The fourth-order valence-corrected chi connectivity index (χ4v) is 9.51. The first kappa shape index (κ1) is 23.5. The maximum absolute atomic E-state index is 5.70. The van der Waals surface area contributed by atoms with E-state index >= 15 is 0 Å². The zero-order chi connectivity index (χ0) is 20.8. The molecule has 0 spiro atoms. The number of hydrogen-bond acceptors (Lipinski definition) is 0. The molecule has 0 fully saturated rings. The molecule has 1 aliphatic heterocycles. The summed E-state index contributed by atoms with van der Waals surface area (Å²) in [6, 6.07) is 22.1. The Balaban J connectivity index is 0.000000640. The number of hydrogen-bond donors (Lipinski definition) is 0. The molecule has 28 heavy (non-hydrogen) atoms. The molecule has 0 saturated carbocycles. The Labute approximate surface area is 181 Å². The van der Waals surface area contributed by atoms with E-state index < -0.39 is 34.4 Å². The molecule has 1 radical (unpaired) electrons. The van der Waals surface area contributed by atoms with Crippen LogP contribution in [0.2, 0.25) is 34.0 Å². The van der Waals surface area contributed by atoms with E-state index in [1.165, 1.54) is 10.8 Å². The molecule has 0 aromatic heterocycles. The molecule has 1 N–H and O–H groups in total. The molecule has 1 nitrogen and oxygen atoms in total. The molecule has 3 rings (SSSR count). The fraction of sp³-hybridized carbons (Fsp3) is 0.417. The van der Waals surface area contributed by atoms with E-state index in [2.05, 4.69) is 103 Å². The van der Waals surface area contributed by atoms with Crippen LogP contribution in [-0.4, -0.2) is 38.8 Å². The minimum absolute atomic E-state index is 0.543. The third-order valence-corrected chi connectivity index (χ3v) is 10.1. The Morgan fingerprint density at radius 1 is 0.821 bits per heavy atom. The van der Waals surface area contributed by atoms with Gasteiger partial charge in [-0.2, -0.15) is 0 Å². The zero-order valence-electron chi connectivity index (χ0n) is 18.9. The van der Waals surface area contributed by atoms with Gasteiger partial charge >= 0.3 is 42.9 Å². The molecule has 2 aromatic rings. The average Bonchev–Trinajstić information content (AvgIpc) is 2.98. The number of allylic oxidation sites excluding steroid dienone is 1. The van der Waals surface area contributed by atoms with Gasteiger partial charge in [-0.1, -0.05) is 87.9 Å². The Hall–Kier alpha value is -0.779. The van der Waals surface area contributed by atoms with Crippen molar-refractivity contribution >= 4 is 44.8 Å². The monoisotopic (exact) mass is 501 g/mol. The van der Waals surface area contributed by atoms with Crippen molar-refractivity contribution in [1.29, 1.82) is 0 Å². The standard InChI is InChI=1S/C21H29BOSi.3CH3.Sn/c1-5-20-21(18-14-10-8-11-15-18)24(4,19-16-12-9-13-17-19)23-22(20,6-2)7-3;;;;/h8-17,23H,5-7H2,1-4H3;3*1H3;. The molecular weight excluding hydrogens is 462 g/mol. The van der Waals surface area contributed by atoms with Gasteiger partial charge in [-0.05, 0) is 10.8 Å². The van der Waals surface area contributed by atoms with Gasteiger partial charge in [-0.15, -0.1) is 18.1 Å². The SMILES string of the molecule is CCC1=C(c2ccccc2)[Si](C)(c2ccccc2)[OH+][B-]1(CC)CC.[CH3][Sn]([CH3])[CH3]. The summed E-state index contributed by atoms with van der Waals surface area (Å²) in [6.45, 7) is 9.43. The molecule has 0 bridgehead atoms. The zero-order valence-corrected chi connectivity index (χ0v) is 22.8. The second-order valence-electron chi connectivity index (χ2n) is 8.69. The van der Waals surface area contributed by atoms with Crippen molar-refractivity contribution in [3.8, 4) is 0 Å². The Morgan fingerprint density at radius 2 is 1.29 bits per heavy atom. The van der Waals surface area contributed by atoms with Crippen molar-refractivity contribution < 1.29 is 4.34 Å². The molecule has 1 unspecified atom stereocenters. The van der Waals surface area contributed by atoms with Crippen LogP contribution in [0.5, 0.6) is 0 Å². The second-order valence-corrected chi connectivity index (χ2v) is 20.7. The summed E-state index contributed by atoms with van der Waals surface area (Å²) in [5.41, 5.74) is 3.03. The molecule has 1 heterocycles. The van der Waals surface area contributed by atoms with Crippen LogP contribution in [0.4, 0.5) is 0 Å². The van der Waals surface area contributed by atoms with Gasteiger partial charge in [-0.25, -0.2) is 0 Å². The van der Waals surface area contributed by atoms with E-state index in [4.69, 9.17) is 4.34 Å². The second kappa shape index (κ2) is 10.3. The summed E-state index contributed by atoms with van der Waals surface area (Å²) in [6.07, 6.45) is 2.68. The van der Waals surface area contributed by atoms with Crippen molar-refractivity contribution in [3.05, 3.63) is 71.7 Å². The first-order chi connectivity index (χ1) is 13.3. The number of rotatable bonds is 5. The molecular formula is C24H38BOSiSn. The first-order valence-electron chi connectivity index (χ1n) is 10.9. The summed E-state index contributed by atoms with van der Waals surface area (Å²) in [7, 11) is -2.06. The van der Waals surface area contributed by atoms with Crippen LogP contribution in [0, 0.1) is 0 Å². The predicted octanol–water partition coefficient (Wildman–Crippen LogP) is 6.31. The molecule has 1 atom stereocenters. The summed E-state index contributed by atoms with van der Waals surface area (Å²) in [5, 5.41) is 3.03. The third-order valence-electron chi connectivity index (χ3n) is 6.09. The molecule has 151 valence electrons. The van der Waals surface area contributed by atoms with Crippen molar-refractivity contribution in [2.24, 2.45) is 0 Å². The van der Waals surface area contributed by atoms with Gasteiger partial charge in [-0.3, -0.25) is 0 Å². The third kappa shape index (κ3) is 4.85. The normalized spacial score (nSPS) is 20.9. The van der Waals surface area contributed by atoms with Crippen LogP contribution in [-0.2, 0) is 0 Å². The molecule has 2 aromatic carbocycles. The van der Waals surface area contributed by atoms with Crippen molar-refractivity contribution in [2.45, 2.75) is 61.2 Å². The average molecular weight is 500 g/mol. The van der Waals surface area contributed by atoms with Gasteiger partial charge in [0.25, 0.3) is 6.35 Å². The van der Waals surface area contributed by atoms with Crippen LogP contribution in [0.1, 0.15) is 32.8 Å². The van der Waals surface area contributed by atoms with Gasteiger partial charge in [0.05, 0.1) is 0 Å². The van der Waals surface area contributed by atoms with Gasteiger partial charge in [0.2, 0.25) is 0 Å². The summed E-state index contributed by atoms with van der Waals surface area (Å²) in [4.78, 5) is 7.09. The van der Waals surface area contributed by atoms with Crippen LogP contribution in [0.15, 0.2) is 66.1 Å². The van der Waals surface area contributed by atoms with E-state index in [9.17, 15) is 0 Å². The van der Waals surface area contributed by atoms with Gasteiger partial charge in [0, 0.05) is 11.7 Å². The van der Waals surface area contributed by atoms with E-state index in [0.29, 0.717) is 0 Å². The predicted molar refractivity (Wildman–Crippen MR) is 134 cm³/mol. The Bertz CT molecular complexity index is 769. The van der Waals surface area contributed by atoms with Crippen molar-refractivity contribution in [3.63, 3.8) is 0 Å². The minimum atomic E-state index is -2.06. The van der Waals surface area contributed by atoms with Gasteiger partial charge in [0.1, 0.15) is 0 Å². The van der Waals surface area contributed by atoms with E-state index in [1.54, 1.807) is 10.7 Å². The maximum atomic E-state index is 5.70. The van der Waals surface area contributed by atoms with E-state index in [0.717, 1.165) is 19.1 Å². The van der Waals surface area contributed by atoms with Gasteiger partial charge < -0.3 is 4.34 Å². The molecule has 0 amide bonds. The summed E-state index contributed by atoms with van der Waals surface area (Å²) >= 11 is -0.543. The molecule has 0 aliphatic carbocycles. The van der Waals surface area contributed by atoms with E-state index in [1.807, 2.05) is 0 Å². The number of benzene rings is 2. The topological polar surface area (TPSA) is 12.8 Å². The quantitative estimate of drug-likeness (QED) is 0.338.